The molecule has 3 aromatic rings. The number of hydrazone groups is 1. The van der Waals surface area contributed by atoms with Crippen LogP contribution in [0, 0.1) is 22.5 Å². The average Bonchev–Trinajstić information content (AvgIpc) is 3.10. The SMILES string of the molecule is C#CCOc1ccc(C=NNC(=O)c2cc3cc([N+](=O)[O-])ccc3s2)cc1Br. The van der Waals surface area contributed by atoms with Crippen molar-refractivity contribution in [2.45, 2.75) is 0 Å². The van der Waals surface area contributed by atoms with E-state index in [1.807, 2.05) is 0 Å². The van der Waals surface area contributed by atoms with Crippen LogP contribution in [0.4, 0.5) is 5.69 Å². The van der Waals surface area contributed by atoms with Gasteiger partial charge in [-0.3, -0.25) is 14.9 Å². The highest BCUT2D eigenvalue weighted by molar-refractivity contribution is 9.10. The Bertz CT molecular complexity index is 1130. The molecule has 0 saturated heterocycles. The molecule has 2 aromatic carbocycles. The second-order valence-corrected chi connectivity index (χ2v) is 7.41. The van der Waals surface area contributed by atoms with Gasteiger partial charge in [0, 0.05) is 22.2 Å². The van der Waals surface area contributed by atoms with Gasteiger partial charge in [-0.05, 0) is 51.8 Å². The van der Waals surface area contributed by atoms with Gasteiger partial charge in [-0.2, -0.15) is 5.10 Å². The smallest absolute Gasteiger partial charge is 0.281 e. The molecule has 0 bridgehead atoms. The monoisotopic (exact) mass is 457 g/mol. The van der Waals surface area contributed by atoms with Gasteiger partial charge in [0.15, 0.2) is 0 Å². The summed E-state index contributed by atoms with van der Waals surface area (Å²) in [4.78, 5) is 23.1. The molecule has 3 rings (SSSR count). The van der Waals surface area contributed by atoms with Crippen molar-refractivity contribution in [2.24, 2.45) is 5.10 Å². The number of rotatable bonds is 6. The number of benzene rings is 2. The molecule has 7 nitrogen and oxygen atoms in total. The molecular weight excluding hydrogens is 446 g/mol. The number of halogens is 1. The first-order chi connectivity index (χ1) is 13.5. The number of carbonyl (C=O) groups is 1. The Hall–Kier alpha value is -3.22. The minimum atomic E-state index is -0.470. The van der Waals surface area contributed by atoms with Crippen LogP contribution in [0.1, 0.15) is 15.2 Å². The standard InChI is InChI=1S/C19H12BrN3O4S/c1-2-7-27-16-5-3-12(8-15(16)20)11-21-22-19(24)18-10-13-9-14(23(25)26)4-6-17(13)28-18/h1,3-6,8-11H,7H2,(H,22,24). The number of thiophene rings is 1. The Labute approximate surface area is 172 Å². The molecule has 0 aliphatic heterocycles. The third-order valence-electron chi connectivity index (χ3n) is 3.58. The maximum atomic E-state index is 12.3. The molecule has 9 heteroatoms. The molecule has 1 heterocycles. The summed E-state index contributed by atoms with van der Waals surface area (Å²) in [6, 6.07) is 11.4. The van der Waals surface area contributed by atoms with Gasteiger partial charge in [0.2, 0.25) is 0 Å². The van der Waals surface area contributed by atoms with Gasteiger partial charge in [-0.15, -0.1) is 17.8 Å². The van der Waals surface area contributed by atoms with Gasteiger partial charge in [0.05, 0.1) is 20.5 Å². The minimum absolute atomic E-state index is 0.0180. The second kappa shape index (κ2) is 8.65. The fourth-order valence-corrected chi connectivity index (χ4v) is 3.75. The average molecular weight is 458 g/mol. The van der Waals surface area contributed by atoms with Crippen LogP contribution in [-0.4, -0.2) is 23.7 Å². The number of terminal acetylenes is 1. The highest BCUT2D eigenvalue weighted by Crippen LogP contribution is 2.29. The highest BCUT2D eigenvalue weighted by Gasteiger charge is 2.13. The topological polar surface area (TPSA) is 93.8 Å². The van der Waals surface area contributed by atoms with Crippen molar-refractivity contribution >= 4 is 55.2 Å². The lowest BCUT2D eigenvalue weighted by Gasteiger charge is -2.05. The zero-order valence-electron chi connectivity index (χ0n) is 14.2. The molecule has 0 saturated carbocycles. The lowest BCUT2D eigenvalue weighted by molar-refractivity contribution is -0.384. The molecule has 1 amide bonds. The van der Waals surface area contributed by atoms with Crippen LogP contribution >= 0.6 is 27.3 Å². The van der Waals surface area contributed by atoms with Gasteiger partial charge in [-0.1, -0.05) is 5.92 Å². The Balaban J connectivity index is 1.68. The molecule has 0 atom stereocenters. The summed E-state index contributed by atoms with van der Waals surface area (Å²) in [6.07, 6.45) is 6.65. The van der Waals surface area contributed by atoms with E-state index in [4.69, 9.17) is 11.2 Å². The second-order valence-electron chi connectivity index (χ2n) is 5.47. The van der Waals surface area contributed by atoms with Crippen molar-refractivity contribution in [1.29, 1.82) is 0 Å². The van der Waals surface area contributed by atoms with Gasteiger partial charge in [0.1, 0.15) is 12.4 Å². The van der Waals surface area contributed by atoms with E-state index in [1.165, 1.54) is 29.7 Å². The van der Waals surface area contributed by atoms with Gasteiger partial charge >= 0.3 is 0 Å². The van der Waals surface area contributed by atoms with Crippen molar-refractivity contribution < 1.29 is 14.5 Å². The van der Waals surface area contributed by atoms with E-state index in [-0.39, 0.29) is 12.3 Å². The van der Waals surface area contributed by atoms with Crippen LogP contribution in [-0.2, 0) is 0 Å². The number of non-ortho nitro benzene ring substituents is 1. The quantitative estimate of drug-likeness (QED) is 0.257. The highest BCUT2D eigenvalue weighted by atomic mass is 79.9. The number of nitro groups is 1. The zero-order chi connectivity index (χ0) is 20.1. The van der Waals surface area contributed by atoms with E-state index < -0.39 is 10.8 Å². The van der Waals surface area contributed by atoms with E-state index in [1.54, 1.807) is 30.3 Å². The molecule has 0 fully saturated rings. The van der Waals surface area contributed by atoms with Crippen LogP contribution in [0.3, 0.4) is 0 Å². The number of nitro benzene ring substituents is 1. The first-order valence-electron chi connectivity index (χ1n) is 7.85. The predicted molar refractivity (Wildman–Crippen MR) is 112 cm³/mol. The van der Waals surface area contributed by atoms with E-state index in [0.29, 0.717) is 20.5 Å². The number of nitrogens with one attached hydrogen (secondary N) is 1. The van der Waals surface area contributed by atoms with Crippen LogP contribution in [0.5, 0.6) is 5.75 Å². The minimum Gasteiger partial charge on any atom is -0.480 e. The van der Waals surface area contributed by atoms with Gasteiger partial charge < -0.3 is 4.74 Å². The fraction of sp³-hybridized carbons (Fsp3) is 0.0526. The molecule has 0 aliphatic rings. The Morgan fingerprint density at radius 3 is 2.89 bits per heavy atom. The fourth-order valence-electron chi connectivity index (χ4n) is 2.31. The maximum Gasteiger partial charge on any atom is 0.281 e. The number of ether oxygens (including phenoxy) is 1. The van der Waals surface area contributed by atoms with Gasteiger partial charge in [0.25, 0.3) is 11.6 Å². The van der Waals surface area contributed by atoms with Crippen molar-refractivity contribution in [3.63, 3.8) is 0 Å². The summed E-state index contributed by atoms with van der Waals surface area (Å²) < 4.78 is 6.85. The molecule has 0 aliphatic carbocycles. The Morgan fingerprint density at radius 1 is 1.36 bits per heavy atom. The molecule has 0 radical (unpaired) electrons. The van der Waals surface area contributed by atoms with Crippen LogP contribution in [0.25, 0.3) is 10.1 Å². The van der Waals surface area contributed by atoms with E-state index in [9.17, 15) is 14.9 Å². The van der Waals surface area contributed by atoms with Gasteiger partial charge in [-0.25, -0.2) is 5.43 Å². The lowest BCUT2D eigenvalue weighted by atomic mass is 10.2. The first-order valence-corrected chi connectivity index (χ1v) is 9.46. The van der Waals surface area contributed by atoms with Crippen molar-refractivity contribution in [2.75, 3.05) is 6.61 Å². The summed E-state index contributed by atoms with van der Waals surface area (Å²) in [6.45, 7) is 0.167. The molecule has 28 heavy (non-hydrogen) atoms. The van der Waals surface area contributed by atoms with Crippen LogP contribution in [0.15, 0.2) is 52.0 Å². The summed E-state index contributed by atoms with van der Waals surface area (Å²) in [5.41, 5.74) is 3.17. The van der Waals surface area contributed by atoms with E-state index in [2.05, 4.69) is 32.4 Å². The summed E-state index contributed by atoms with van der Waals surface area (Å²) in [7, 11) is 0. The molecule has 1 N–H and O–H groups in total. The molecule has 0 spiro atoms. The van der Waals surface area contributed by atoms with E-state index in [0.717, 1.165) is 10.3 Å². The predicted octanol–water partition coefficient (Wildman–Crippen LogP) is 4.35. The number of hydrogen-bond donors (Lipinski definition) is 1. The zero-order valence-corrected chi connectivity index (χ0v) is 16.6. The van der Waals surface area contributed by atoms with Crippen LogP contribution < -0.4 is 10.2 Å². The van der Waals surface area contributed by atoms with Crippen molar-refractivity contribution in [3.05, 3.63) is 67.5 Å². The summed E-state index contributed by atoms with van der Waals surface area (Å²) >= 11 is 4.62. The Morgan fingerprint density at radius 2 is 2.18 bits per heavy atom. The number of nitrogens with zero attached hydrogens (tertiary/aromatic N) is 2. The van der Waals surface area contributed by atoms with Crippen LogP contribution in [0.2, 0.25) is 0 Å². The summed E-state index contributed by atoms with van der Waals surface area (Å²) in [5.74, 6) is 2.60. The maximum absolute atomic E-state index is 12.3. The third kappa shape index (κ3) is 4.54. The lowest BCUT2D eigenvalue weighted by Crippen LogP contribution is -2.16. The molecule has 140 valence electrons. The largest absolute Gasteiger partial charge is 0.480 e. The number of carbonyl (C=O) groups excluding carboxylic acids is 1. The summed E-state index contributed by atoms with van der Waals surface area (Å²) in [5, 5.41) is 15.4. The molecule has 1 aromatic heterocycles. The Kier molecular flexibility index (Phi) is 6.03. The molecular formula is C19H12BrN3O4S. The first kappa shape index (κ1) is 19.5. The normalized spacial score (nSPS) is 10.7. The van der Waals surface area contributed by atoms with E-state index >= 15 is 0 Å². The number of hydrogen-bond acceptors (Lipinski definition) is 6. The van der Waals surface area contributed by atoms with Crippen molar-refractivity contribution in [1.82, 2.24) is 5.43 Å². The third-order valence-corrected chi connectivity index (χ3v) is 5.32. The molecule has 0 unspecified atom stereocenters. The number of amides is 1. The number of fused-ring (bicyclic) bond motifs is 1. The van der Waals surface area contributed by atoms with Crippen molar-refractivity contribution in [3.8, 4) is 18.1 Å².